The number of carbonyl (C=O) groups excluding carboxylic acids is 1. The second-order valence-corrected chi connectivity index (χ2v) is 6.99. The average Bonchev–Trinajstić information content (AvgIpc) is 3.23. The van der Waals surface area contributed by atoms with Crippen molar-refractivity contribution in [2.75, 3.05) is 11.9 Å². The second kappa shape index (κ2) is 6.38. The summed E-state index contributed by atoms with van der Waals surface area (Å²) in [6, 6.07) is 13.2. The molecule has 0 aliphatic carbocycles. The van der Waals surface area contributed by atoms with Gasteiger partial charge in [-0.25, -0.2) is 4.98 Å². The maximum absolute atomic E-state index is 11.8. The highest BCUT2D eigenvalue weighted by molar-refractivity contribution is 7.17. The fraction of sp³-hybridized carbons (Fsp3) is 0.111. The maximum atomic E-state index is 11.8. The molecule has 0 radical (unpaired) electrons. The van der Waals surface area contributed by atoms with Gasteiger partial charge in [0.15, 0.2) is 5.82 Å². The Bertz CT molecular complexity index is 971. The molecule has 0 fully saturated rings. The molecule has 2 aromatic carbocycles. The summed E-state index contributed by atoms with van der Waals surface area (Å²) >= 11 is 7.44. The van der Waals surface area contributed by atoms with Gasteiger partial charge < -0.3 is 15.8 Å². The molecular formula is C18H14ClN3O2S. The van der Waals surface area contributed by atoms with Gasteiger partial charge in [-0.2, -0.15) is 0 Å². The van der Waals surface area contributed by atoms with Crippen LogP contribution in [0, 0.1) is 0 Å². The number of fused-ring (bicyclic) bond motifs is 1. The Hall–Kier alpha value is -2.57. The molecule has 4 rings (SSSR count). The van der Waals surface area contributed by atoms with Gasteiger partial charge in [-0.3, -0.25) is 4.79 Å². The molecule has 3 aromatic rings. The quantitative estimate of drug-likeness (QED) is 0.719. The zero-order chi connectivity index (χ0) is 17.4. The molecule has 7 heteroatoms. The van der Waals surface area contributed by atoms with Crippen LogP contribution >= 0.6 is 22.9 Å². The van der Waals surface area contributed by atoms with Crippen molar-refractivity contribution in [2.24, 2.45) is 5.73 Å². The smallest absolute Gasteiger partial charge is 0.262 e. The van der Waals surface area contributed by atoms with Crippen LogP contribution in [0.4, 0.5) is 11.5 Å². The van der Waals surface area contributed by atoms with Crippen LogP contribution in [0.5, 0.6) is 5.75 Å². The van der Waals surface area contributed by atoms with Crippen molar-refractivity contribution in [1.82, 2.24) is 4.98 Å². The number of nitrogens with two attached hydrogens (primary N) is 1. The minimum atomic E-state index is -0.525. The first kappa shape index (κ1) is 15.9. The van der Waals surface area contributed by atoms with E-state index in [0.717, 1.165) is 28.3 Å². The minimum absolute atomic E-state index is 0.367. The lowest BCUT2D eigenvalue weighted by Gasteiger charge is -2.06. The van der Waals surface area contributed by atoms with E-state index in [-0.39, 0.29) is 0 Å². The molecule has 2 heterocycles. The van der Waals surface area contributed by atoms with Crippen molar-refractivity contribution in [1.29, 1.82) is 0 Å². The standard InChI is InChI=1S/C18H14ClN3O2S/c19-12-3-1-2-4-13(12)21-17-15(16(20)23)25-18(22-17)11-5-6-14-10(9-11)7-8-24-14/h1-6,9,21H,7-8H2,(H2,20,23). The molecule has 25 heavy (non-hydrogen) atoms. The molecule has 0 saturated heterocycles. The maximum Gasteiger partial charge on any atom is 0.262 e. The minimum Gasteiger partial charge on any atom is -0.493 e. The van der Waals surface area contributed by atoms with Gasteiger partial charge in [0.1, 0.15) is 15.6 Å². The second-order valence-electron chi connectivity index (χ2n) is 5.59. The number of rotatable bonds is 4. The zero-order valence-corrected chi connectivity index (χ0v) is 14.7. The Balaban J connectivity index is 1.73. The lowest BCUT2D eigenvalue weighted by atomic mass is 10.1. The molecule has 1 aliphatic heterocycles. The molecule has 0 bridgehead atoms. The number of hydrogen-bond donors (Lipinski definition) is 2. The molecule has 5 nitrogen and oxygen atoms in total. The summed E-state index contributed by atoms with van der Waals surface area (Å²) < 4.78 is 5.53. The monoisotopic (exact) mass is 371 g/mol. The van der Waals surface area contributed by atoms with E-state index in [1.54, 1.807) is 6.07 Å². The number of amides is 1. The van der Waals surface area contributed by atoms with E-state index < -0.39 is 5.91 Å². The first-order valence-electron chi connectivity index (χ1n) is 7.70. The topological polar surface area (TPSA) is 77.2 Å². The van der Waals surface area contributed by atoms with Gasteiger partial charge in [0.2, 0.25) is 0 Å². The molecule has 1 amide bonds. The lowest BCUT2D eigenvalue weighted by Crippen LogP contribution is -2.11. The van der Waals surface area contributed by atoms with Crippen LogP contribution in [-0.2, 0) is 6.42 Å². The number of carbonyl (C=O) groups is 1. The summed E-state index contributed by atoms with van der Waals surface area (Å²) in [5.74, 6) is 0.796. The highest BCUT2D eigenvalue weighted by atomic mass is 35.5. The lowest BCUT2D eigenvalue weighted by molar-refractivity contribution is 0.100. The van der Waals surface area contributed by atoms with Gasteiger partial charge in [0.25, 0.3) is 5.91 Å². The summed E-state index contributed by atoms with van der Waals surface area (Å²) in [6.45, 7) is 0.697. The Morgan fingerprint density at radius 1 is 1.28 bits per heavy atom. The molecule has 0 saturated carbocycles. The van der Waals surface area contributed by atoms with Gasteiger partial charge in [-0.1, -0.05) is 23.7 Å². The Morgan fingerprint density at radius 2 is 2.12 bits per heavy atom. The number of ether oxygens (including phenoxy) is 1. The number of para-hydroxylation sites is 1. The van der Waals surface area contributed by atoms with Gasteiger partial charge in [0.05, 0.1) is 17.3 Å². The highest BCUT2D eigenvalue weighted by Gasteiger charge is 2.19. The van der Waals surface area contributed by atoms with Crippen LogP contribution in [0.25, 0.3) is 10.6 Å². The Kier molecular flexibility index (Phi) is 4.07. The number of halogens is 1. The van der Waals surface area contributed by atoms with E-state index in [2.05, 4.69) is 10.3 Å². The number of nitrogens with one attached hydrogen (secondary N) is 1. The number of aromatic nitrogens is 1. The molecule has 0 atom stereocenters. The van der Waals surface area contributed by atoms with Crippen LogP contribution in [0.15, 0.2) is 42.5 Å². The van der Waals surface area contributed by atoms with Crippen molar-refractivity contribution >= 4 is 40.4 Å². The number of hydrogen-bond acceptors (Lipinski definition) is 5. The summed E-state index contributed by atoms with van der Waals surface area (Å²) in [6.07, 6.45) is 0.877. The van der Waals surface area contributed by atoms with E-state index in [1.165, 1.54) is 11.3 Å². The summed E-state index contributed by atoms with van der Waals surface area (Å²) in [4.78, 5) is 16.8. The van der Waals surface area contributed by atoms with E-state index in [9.17, 15) is 4.79 Å². The zero-order valence-electron chi connectivity index (χ0n) is 13.1. The van der Waals surface area contributed by atoms with Gasteiger partial charge in [0, 0.05) is 12.0 Å². The van der Waals surface area contributed by atoms with Crippen molar-refractivity contribution in [3.05, 3.63) is 57.9 Å². The van der Waals surface area contributed by atoms with E-state index >= 15 is 0 Å². The Morgan fingerprint density at radius 3 is 2.92 bits per heavy atom. The molecule has 126 valence electrons. The number of benzene rings is 2. The van der Waals surface area contributed by atoms with Gasteiger partial charge in [-0.15, -0.1) is 11.3 Å². The van der Waals surface area contributed by atoms with Gasteiger partial charge >= 0.3 is 0 Å². The van der Waals surface area contributed by atoms with Crippen molar-refractivity contribution < 1.29 is 9.53 Å². The first-order valence-corrected chi connectivity index (χ1v) is 8.89. The van der Waals surface area contributed by atoms with E-state index in [4.69, 9.17) is 22.1 Å². The van der Waals surface area contributed by atoms with Crippen LogP contribution in [0.1, 0.15) is 15.2 Å². The molecule has 3 N–H and O–H groups in total. The van der Waals surface area contributed by atoms with Crippen LogP contribution in [0.2, 0.25) is 5.02 Å². The normalized spacial score (nSPS) is 12.5. The van der Waals surface area contributed by atoms with Crippen LogP contribution in [0.3, 0.4) is 0 Å². The molecule has 1 aliphatic rings. The average molecular weight is 372 g/mol. The van der Waals surface area contributed by atoms with Crippen LogP contribution in [-0.4, -0.2) is 17.5 Å². The van der Waals surface area contributed by atoms with Crippen molar-refractivity contribution in [2.45, 2.75) is 6.42 Å². The largest absolute Gasteiger partial charge is 0.493 e. The molecular weight excluding hydrogens is 358 g/mol. The third-order valence-electron chi connectivity index (χ3n) is 3.91. The Labute approximate surface area is 153 Å². The SMILES string of the molecule is NC(=O)c1sc(-c2ccc3c(c2)CCO3)nc1Nc1ccccc1Cl. The van der Waals surface area contributed by atoms with E-state index in [0.29, 0.717) is 28.0 Å². The van der Waals surface area contributed by atoms with E-state index in [1.807, 2.05) is 36.4 Å². The fourth-order valence-corrected chi connectivity index (χ4v) is 3.76. The highest BCUT2D eigenvalue weighted by Crippen LogP contribution is 2.36. The van der Waals surface area contributed by atoms with Crippen molar-refractivity contribution in [3.8, 4) is 16.3 Å². The molecule has 0 spiro atoms. The molecule has 1 aromatic heterocycles. The predicted octanol–water partition coefficient (Wildman–Crippen LogP) is 4.24. The first-order chi connectivity index (χ1) is 12.1. The number of primary amides is 1. The van der Waals surface area contributed by atoms with Crippen molar-refractivity contribution in [3.63, 3.8) is 0 Å². The van der Waals surface area contributed by atoms with Gasteiger partial charge in [-0.05, 0) is 35.9 Å². The third kappa shape index (κ3) is 3.06. The number of anilines is 2. The summed E-state index contributed by atoms with van der Waals surface area (Å²) in [5, 5.41) is 4.37. The summed E-state index contributed by atoms with van der Waals surface area (Å²) in [5.41, 5.74) is 8.28. The summed E-state index contributed by atoms with van der Waals surface area (Å²) in [7, 11) is 0. The molecule has 0 unspecified atom stereocenters. The predicted molar refractivity (Wildman–Crippen MR) is 100 cm³/mol. The number of nitrogens with zero attached hydrogens (tertiary/aromatic N) is 1. The fourth-order valence-electron chi connectivity index (χ4n) is 2.71. The number of thiazole rings is 1. The van der Waals surface area contributed by atoms with Crippen LogP contribution < -0.4 is 15.8 Å². The third-order valence-corrected chi connectivity index (χ3v) is 5.36.